The van der Waals surface area contributed by atoms with Crippen molar-refractivity contribution in [3.8, 4) is 11.1 Å². The van der Waals surface area contributed by atoms with Crippen molar-refractivity contribution in [1.82, 2.24) is 14.8 Å². The molecule has 1 aliphatic heterocycles. The summed E-state index contributed by atoms with van der Waals surface area (Å²) in [6.07, 6.45) is 4.39. The van der Waals surface area contributed by atoms with Gasteiger partial charge in [0.1, 0.15) is 0 Å². The van der Waals surface area contributed by atoms with E-state index in [1.807, 2.05) is 35.5 Å². The summed E-state index contributed by atoms with van der Waals surface area (Å²) in [5.74, 6) is 0.233. The average Bonchev–Trinajstić information content (AvgIpc) is 2.94. The van der Waals surface area contributed by atoms with Crippen LogP contribution in [0, 0.1) is 5.92 Å². The maximum atomic E-state index is 13.3. The second kappa shape index (κ2) is 9.68. The highest BCUT2D eigenvalue weighted by molar-refractivity contribution is 5.80. The molecule has 0 bridgehead atoms. The average molecular weight is 400 g/mol. The highest BCUT2D eigenvalue weighted by Gasteiger charge is 2.30. The Labute approximate surface area is 179 Å². The van der Waals surface area contributed by atoms with Crippen molar-refractivity contribution in [2.45, 2.75) is 19.9 Å². The van der Waals surface area contributed by atoms with Crippen LogP contribution in [-0.4, -0.2) is 46.9 Å². The van der Waals surface area contributed by atoms with Crippen LogP contribution in [0.2, 0.25) is 0 Å². The molecular formula is C26H29N3O. The Morgan fingerprint density at radius 1 is 0.933 bits per heavy atom. The summed E-state index contributed by atoms with van der Waals surface area (Å²) < 4.78 is 0. The predicted octanol–water partition coefficient (Wildman–Crippen LogP) is 4.27. The third-order valence-corrected chi connectivity index (χ3v) is 5.93. The molecule has 154 valence electrons. The van der Waals surface area contributed by atoms with Gasteiger partial charge >= 0.3 is 0 Å². The van der Waals surface area contributed by atoms with Gasteiger partial charge in [-0.1, -0.05) is 54.6 Å². The number of benzene rings is 2. The minimum atomic E-state index is -0.0425. The lowest BCUT2D eigenvalue weighted by molar-refractivity contribution is -0.134. The van der Waals surface area contributed by atoms with E-state index in [0.29, 0.717) is 0 Å². The normalized spacial score (nSPS) is 17.7. The Kier molecular flexibility index (Phi) is 6.55. The topological polar surface area (TPSA) is 36.4 Å². The van der Waals surface area contributed by atoms with Gasteiger partial charge in [-0.2, -0.15) is 0 Å². The Balaban J connectivity index is 1.59. The molecule has 30 heavy (non-hydrogen) atoms. The van der Waals surface area contributed by atoms with E-state index in [-0.39, 0.29) is 11.8 Å². The standard InChI is InChI=1S/C26H29N3O/c1-2-29-17-16-28(19-21-8-4-3-5-9-21)20-24(26(29)30)18-23-10-6-7-11-25(23)22-12-14-27-15-13-22/h3-15,24H,2,16-20H2,1H3/t24-/m1/s1. The summed E-state index contributed by atoms with van der Waals surface area (Å²) in [6.45, 7) is 6.22. The highest BCUT2D eigenvalue weighted by atomic mass is 16.2. The van der Waals surface area contributed by atoms with Crippen LogP contribution in [0.4, 0.5) is 0 Å². The van der Waals surface area contributed by atoms with Crippen LogP contribution in [0.15, 0.2) is 79.1 Å². The molecular weight excluding hydrogens is 370 g/mol. The fourth-order valence-electron chi connectivity index (χ4n) is 4.34. The van der Waals surface area contributed by atoms with Gasteiger partial charge < -0.3 is 4.90 Å². The molecule has 1 aliphatic rings. The summed E-state index contributed by atoms with van der Waals surface area (Å²) in [6, 6.07) is 23.1. The van der Waals surface area contributed by atoms with Gasteiger partial charge in [0.2, 0.25) is 5.91 Å². The summed E-state index contributed by atoms with van der Waals surface area (Å²) >= 11 is 0. The van der Waals surface area contributed by atoms with E-state index in [1.54, 1.807) is 0 Å². The third kappa shape index (κ3) is 4.77. The van der Waals surface area contributed by atoms with Gasteiger partial charge in [-0.15, -0.1) is 0 Å². The van der Waals surface area contributed by atoms with Crippen LogP contribution in [-0.2, 0) is 17.8 Å². The quantitative estimate of drug-likeness (QED) is 0.621. The lowest BCUT2D eigenvalue weighted by Crippen LogP contribution is -2.37. The zero-order chi connectivity index (χ0) is 20.8. The SMILES string of the molecule is CCN1CCN(Cc2ccccc2)C[C@@H](Cc2ccccc2-c2ccncc2)C1=O. The van der Waals surface area contributed by atoms with Crippen LogP contribution < -0.4 is 0 Å². The van der Waals surface area contributed by atoms with Crippen LogP contribution >= 0.6 is 0 Å². The van der Waals surface area contributed by atoms with Gasteiger partial charge in [-0.3, -0.25) is 14.7 Å². The lowest BCUT2D eigenvalue weighted by atomic mass is 9.91. The summed E-state index contributed by atoms with van der Waals surface area (Å²) in [5, 5.41) is 0. The number of carbonyl (C=O) groups excluding carboxylic acids is 1. The van der Waals surface area contributed by atoms with E-state index in [0.717, 1.165) is 44.7 Å². The van der Waals surface area contributed by atoms with Crippen LogP contribution in [0.25, 0.3) is 11.1 Å². The molecule has 0 aliphatic carbocycles. The molecule has 1 fully saturated rings. The zero-order valence-electron chi connectivity index (χ0n) is 17.6. The number of hydrogen-bond acceptors (Lipinski definition) is 3. The first-order valence-corrected chi connectivity index (χ1v) is 10.8. The molecule has 0 radical (unpaired) electrons. The minimum absolute atomic E-state index is 0.0425. The number of hydrogen-bond donors (Lipinski definition) is 0. The fraction of sp³-hybridized carbons (Fsp3) is 0.308. The van der Waals surface area contributed by atoms with Gasteiger partial charge in [0.25, 0.3) is 0 Å². The van der Waals surface area contributed by atoms with Crippen molar-refractivity contribution in [1.29, 1.82) is 0 Å². The maximum absolute atomic E-state index is 13.3. The van der Waals surface area contributed by atoms with Gasteiger partial charge in [0.15, 0.2) is 0 Å². The van der Waals surface area contributed by atoms with Gasteiger partial charge in [0, 0.05) is 45.1 Å². The molecule has 0 N–H and O–H groups in total. The molecule has 4 nitrogen and oxygen atoms in total. The first-order valence-electron chi connectivity index (χ1n) is 10.8. The first-order chi connectivity index (χ1) is 14.7. The predicted molar refractivity (Wildman–Crippen MR) is 121 cm³/mol. The van der Waals surface area contributed by atoms with Gasteiger partial charge in [-0.25, -0.2) is 0 Å². The number of pyridine rings is 1. The van der Waals surface area contributed by atoms with E-state index >= 15 is 0 Å². The molecule has 2 aromatic carbocycles. The Morgan fingerprint density at radius 2 is 1.67 bits per heavy atom. The third-order valence-electron chi connectivity index (χ3n) is 5.93. The van der Waals surface area contributed by atoms with Crippen molar-refractivity contribution in [3.05, 3.63) is 90.3 Å². The van der Waals surface area contributed by atoms with Crippen molar-refractivity contribution >= 4 is 5.91 Å². The van der Waals surface area contributed by atoms with Crippen molar-refractivity contribution in [2.75, 3.05) is 26.2 Å². The van der Waals surface area contributed by atoms with E-state index in [4.69, 9.17) is 0 Å². The number of carbonyl (C=O) groups is 1. The smallest absolute Gasteiger partial charge is 0.227 e. The van der Waals surface area contributed by atoms with Crippen LogP contribution in [0.5, 0.6) is 0 Å². The second-order valence-electron chi connectivity index (χ2n) is 7.93. The molecule has 3 aromatic rings. The van der Waals surface area contributed by atoms with E-state index in [9.17, 15) is 4.79 Å². The zero-order valence-corrected chi connectivity index (χ0v) is 17.6. The Morgan fingerprint density at radius 3 is 2.43 bits per heavy atom. The molecule has 0 unspecified atom stereocenters. The number of rotatable bonds is 6. The largest absolute Gasteiger partial charge is 0.341 e. The summed E-state index contributed by atoms with van der Waals surface area (Å²) in [4.78, 5) is 21.9. The highest BCUT2D eigenvalue weighted by Crippen LogP contribution is 2.27. The Hall–Kier alpha value is -2.98. The van der Waals surface area contributed by atoms with Crippen LogP contribution in [0.1, 0.15) is 18.1 Å². The molecule has 4 rings (SSSR count). The second-order valence-corrected chi connectivity index (χ2v) is 7.93. The minimum Gasteiger partial charge on any atom is -0.341 e. The van der Waals surface area contributed by atoms with Gasteiger partial charge in [0.05, 0.1) is 5.92 Å². The van der Waals surface area contributed by atoms with Crippen molar-refractivity contribution in [3.63, 3.8) is 0 Å². The van der Waals surface area contributed by atoms with Crippen molar-refractivity contribution in [2.24, 2.45) is 5.92 Å². The van der Waals surface area contributed by atoms with Crippen LogP contribution in [0.3, 0.4) is 0 Å². The van der Waals surface area contributed by atoms with E-state index in [1.165, 1.54) is 16.7 Å². The lowest BCUT2D eigenvalue weighted by Gasteiger charge is -2.24. The molecule has 1 atom stereocenters. The number of nitrogens with zero attached hydrogens (tertiary/aromatic N) is 3. The molecule has 1 saturated heterocycles. The fourth-order valence-corrected chi connectivity index (χ4v) is 4.34. The van der Waals surface area contributed by atoms with E-state index in [2.05, 4.69) is 65.3 Å². The molecule has 1 amide bonds. The Bertz CT molecular complexity index is 958. The molecule has 4 heteroatoms. The molecule has 0 spiro atoms. The molecule has 2 heterocycles. The molecule has 1 aromatic heterocycles. The number of amides is 1. The molecule has 0 saturated carbocycles. The number of likely N-dealkylation sites (N-methyl/N-ethyl adjacent to an activating group) is 1. The van der Waals surface area contributed by atoms with Crippen molar-refractivity contribution < 1.29 is 4.79 Å². The van der Waals surface area contributed by atoms with E-state index < -0.39 is 0 Å². The van der Waals surface area contributed by atoms with Gasteiger partial charge in [-0.05, 0) is 47.7 Å². The maximum Gasteiger partial charge on any atom is 0.227 e. The summed E-state index contributed by atoms with van der Waals surface area (Å²) in [5.41, 5.74) is 4.86. The summed E-state index contributed by atoms with van der Waals surface area (Å²) in [7, 11) is 0. The monoisotopic (exact) mass is 399 g/mol. The number of aromatic nitrogens is 1. The first kappa shape index (κ1) is 20.3.